The zero-order valence-electron chi connectivity index (χ0n) is 11.2. The van der Waals surface area contributed by atoms with Crippen LogP contribution < -0.4 is 9.47 Å². The molecule has 0 aliphatic heterocycles. The van der Waals surface area contributed by atoms with Crippen molar-refractivity contribution in [2.24, 2.45) is 0 Å². The van der Waals surface area contributed by atoms with Gasteiger partial charge >= 0.3 is 0 Å². The molecule has 3 heteroatoms. The predicted octanol–water partition coefficient (Wildman–Crippen LogP) is 3.06. The minimum atomic E-state index is 0.151. The van der Waals surface area contributed by atoms with Crippen LogP contribution in [-0.2, 0) is 11.2 Å². The molecule has 1 aromatic carbocycles. The highest BCUT2D eigenvalue weighted by Gasteiger charge is 2.07. The molecule has 1 aromatic rings. The second-order valence-electron chi connectivity index (χ2n) is 4.25. The molecule has 0 atom stereocenters. The van der Waals surface area contributed by atoms with Gasteiger partial charge in [-0.15, -0.1) is 0 Å². The van der Waals surface area contributed by atoms with Crippen molar-refractivity contribution >= 4 is 0 Å². The van der Waals surface area contributed by atoms with Crippen LogP contribution in [0, 0.1) is 0 Å². The Morgan fingerprint density at radius 3 is 2.47 bits per heavy atom. The number of methoxy groups -OCH3 is 2. The summed E-state index contributed by atoms with van der Waals surface area (Å²) in [5.74, 6) is 1.60. The van der Waals surface area contributed by atoms with Crippen molar-refractivity contribution in [2.75, 3.05) is 20.8 Å². The van der Waals surface area contributed by atoms with Crippen LogP contribution in [0.15, 0.2) is 18.2 Å². The monoisotopic (exact) mass is 238 g/mol. The van der Waals surface area contributed by atoms with Crippen molar-refractivity contribution in [1.29, 1.82) is 0 Å². The minimum absolute atomic E-state index is 0.151. The maximum absolute atomic E-state index is 5.73. The number of ether oxygens (including phenoxy) is 3. The molecule has 17 heavy (non-hydrogen) atoms. The van der Waals surface area contributed by atoms with E-state index in [1.165, 1.54) is 5.56 Å². The van der Waals surface area contributed by atoms with E-state index < -0.39 is 0 Å². The average Bonchev–Trinajstić information content (AvgIpc) is 2.29. The maximum atomic E-state index is 5.73. The lowest BCUT2D eigenvalue weighted by atomic mass is 10.1. The molecule has 3 nitrogen and oxygen atoms in total. The summed E-state index contributed by atoms with van der Waals surface area (Å²) in [6.07, 6.45) is 2.16. The van der Waals surface area contributed by atoms with Gasteiger partial charge in [0.2, 0.25) is 0 Å². The van der Waals surface area contributed by atoms with Crippen LogP contribution in [0.4, 0.5) is 0 Å². The highest BCUT2D eigenvalue weighted by atomic mass is 16.5. The molecule has 0 bridgehead atoms. The van der Waals surface area contributed by atoms with E-state index in [1.807, 2.05) is 19.9 Å². The van der Waals surface area contributed by atoms with Crippen LogP contribution in [0.5, 0.6) is 11.5 Å². The van der Waals surface area contributed by atoms with Crippen LogP contribution >= 0.6 is 0 Å². The number of benzene rings is 1. The van der Waals surface area contributed by atoms with E-state index in [4.69, 9.17) is 14.2 Å². The van der Waals surface area contributed by atoms with Gasteiger partial charge in [-0.25, -0.2) is 0 Å². The zero-order valence-corrected chi connectivity index (χ0v) is 11.2. The quantitative estimate of drug-likeness (QED) is 0.683. The van der Waals surface area contributed by atoms with E-state index in [1.54, 1.807) is 14.2 Å². The standard InChI is InChI=1S/C14H22O3/c1-11(2)17-14-10-12(6-5-9-15-3)7-8-13(14)16-4/h7-8,10-11H,5-6,9H2,1-4H3. The van der Waals surface area contributed by atoms with Gasteiger partial charge in [0.05, 0.1) is 13.2 Å². The molecule has 0 aliphatic carbocycles. The van der Waals surface area contributed by atoms with Gasteiger partial charge in [0.15, 0.2) is 11.5 Å². The van der Waals surface area contributed by atoms with Crippen molar-refractivity contribution in [3.63, 3.8) is 0 Å². The van der Waals surface area contributed by atoms with E-state index in [-0.39, 0.29) is 6.10 Å². The molecule has 0 fully saturated rings. The molecular weight excluding hydrogens is 216 g/mol. The number of hydrogen-bond acceptors (Lipinski definition) is 3. The van der Waals surface area contributed by atoms with Crippen molar-refractivity contribution < 1.29 is 14.2 Å². The summed E-state index contributed by atoms with van der Waals surface area (Å²) in [6.45, 7) is 4.81. The number of aryl methyl sites for hydroxylation is 1. The maximum Gasteiger partial charge on any atom is 0.161 e. The fourth-order valence-corrected chi connectivity index (χ4v) is 1.64. The first-order chi connectivity index (χ1) is 8.17. The molecule has 0 amide bonds. The predicted molar refractivity (Wildman–Crippen MR) is 69.0 cm³/mol. The van der Waals surface area contributed by atoms with Crippen molar-refractivity contribution in [3.05, 3.63) is 23.8 Å². The van der Waals surface area contributed by atoms with Gasteiger partial charge < -0.3 is 14.2 Å². The number of rotatable bonds is 7. The van der Waals surface area contributed by atoms with Crippen LogP contribution in [0.3, 0.4) is 0 Å². The van der Waals surface area contributed by atoms with Gasteiger partial charge in [-0.3, -0.25) is 0 Å². The van der Waals surface area contributed by atoms with Gasteiger partial charge in [-0.05, 0) is 44.4 Å². The van der Waals surface area contributed by atoms with Crippen LogP contribution in [0.25, 0.3) is 0 Å². The lowest BCUT2D eigenvalue weighted by molar-refractivity contribution is 0.195. The summed E-state index contributed by atoms with van der Waals surface area (Å²) >= 11 is 0. The third kappa shape index (κ3) is 4.65. The molecule has 0 heterocycles. The summed E-state index contributed by atoms with van der Waals surface area (Å²) < 4.78 is 16.1. The van der Waals surface area contributed by atoms with Crippen molar-refractivity contribution in [2.45, 2.75) is 32.8 Å². The summed E-state index contributed by atoms with van der Waals surface area (Å²) in [6, 6.07) is 6.08. The normalized spacial score (nSPS) is 10.6. The van der Waals surface area contributed by atoms with E-state index in [2.05, 4.69) is 12.1 Å². The Morgan fingerprint density at radius 2 is 1.88 bits per heavy atom. The van der Waals surface area contributed by atoms with Crippen molar-refractivity contribution in [3.8, 4) is 11.5 Å². The van der Waals surface area contributed by atoms with E-state index >= 15 is 0 Å². The van der Waals surface area contributed by atoms with E-state index in [0.29, 0.717) is 0 Å². The third-order valence-electron chi connectivity index (χ3n) is 2.40. The lowest BCUT2D eigenvalue weighted by Gasteiger charge is -2.14. The first-order valence-electron chi connectivity index (χ1n) is 6.00. The Labute approximate surface area is 104 Å². The zero-order chi connectivity index (χ0) is 12.7. The Morgan fingerprint density at radius 1 is 1.12 bits per heavy atom. The Kier molecular flexibility index (Phi) is 5.84. The summed E-state index contributed by atoms with van der Waals surface area (Å²) in [5, 5.41) is 0. The molecule has 0 radical (unpaired) electrons. The molecule has 0 saturated carbocycles. The molecule has 0 N–H and O–H groups in total. The molecule has 0 saturated heterocycles. The molecule has 0 aromatic heterocycles. The van der Waals surface area contributed by atoms with Gasteiger partial charge in [-0.1, -0.05) is 6.07 Å². The fraction of sp³-hybridized carbons (Fsp3) is 0.571. The number of hydrogen-bond donors (Lipinski definition) is 0. The minimum Gasteiger partial charge on any atom is -0.493 e. The first-order valence-corrected chi connectivity index (χ1v) is 6.00. The molecule has 0 aliphatic rings. The van der Waals surface area contributed by atoms with E-state index in [9.17, 15) is 0 Å². The second kappa shape index (κ2) is 7.17. The molecule has 1 rings (SSSR count). The summed E-state index contributed by atoms with van der Waals surface area (Å²) in [5.41, 5.74) is 1.25. The summed E-state index contributed by atoms with van der Waals surface area (Å²) in [4.78, 5) is 0. The van der Waals surface area contributed by atoms with Gasteiger partial charge in [-0.2, -0.15) is 0 Å². The van der Waals surface area contributed by atoms with Crippen LogP contribution in [0.1, 0.15) is 25.8 Å². The lowest BCUT2D eigenvalue weighted by Crippen LogP contribution is -2.07. The molecular formula is C14H22O3. The Hall–Kier alpha value is -1.22. The Balaban J connectivity index is 2.73. The van der Waals surface area contributed by atoms with Crippen molar-refractivity contribution in [1.82, 2.24) is 0 Å². The highest BCUT2D eigenvalue weighted by Crippen LogP contribution is 2.29. The molecule has 0 unspecified atom stereocenters. The van der Waals surface area contributed by atoms with Crippen LogP contribution in [0.2, 0.25) is 0 Å². The second-order valence-corrected chi connectivity index (χ2v) is 4.25. The summed E-state index contributed by atoms with van der Waals surface area (Å²) in [7, 11) is 3.38. The van der Waals surface area contributed by atoms with Gasteiger partial charge in [0.25, 0.3) is 0 Å². The smallest absolute Gasteiger partial charge is 0.161 e. The SMILES string of the molecule is COCCCc1ccc(OC)c(OC(C)C)c1. The topological polar surface area (TPSA) is 27.7 Å². The average molecular weight is 238 g/mol. The molecule has 96 valence electrons. The van der Waals surface area contributed by atoms with E-state index in [0.717, 1.165) is 30.9 Å². The van der Waals surface area contributed by atoms with Gasteiger partial charge in [0, 0.05) is 13.7 Å². The Bertz CT molecular complexity index is 334. The third-order valence-corrected chi connectivity index (χ3v) is 2.40. The van der Waals surface area contributed by atoms with Crippen LogP contribution in [-0.4, -0.2) is 26.9 Å². The largest absolute Gasteiger partial charge is 0.493 e. The molecule has 0 spiro atoms. The highest BCUT2D eigenvalue weighted by molar-refractivity contribution is 5.43. The fourth-order valence-electron chi connectivity index (χ4n) is 1.64. The first kappa shape index (κ1) is 13.8. The van der Waals surface area contributed by atoms with Gasteiger partial charge in [0.1, 0.15) is 0 Å².